The number of aliphatic imine (C=N–C) groups is 1. The molecule has 0 aliphatic heterocycles. The van der Waals surface area contributed by atoms with Crippen LogP contribution < -0.4 is 10.6 Å². The number of nitrogens with one attached hydrogen (secondary N) is 2. The van der Waals surface area contributed by atoms with Crippen LogP contribution in [0.2, 0.25) is 0 Å². The van der Waals surface area contributed by atoms with Crippen molar-refractivity contribution in [3.05, 3.63) is 48.3 Å². The summed E-state index contributed by atoms with van der Waals surface area (Å²) in [4.78, 5) is 18.4. The van der Waals surface area contributed by atoms with Crippen molar-refractivity contribution in [1.29, 1.82) is 0 Å². The summed E-state index contributed by atoms with van der Waals surface area (Å²) in [5, 5.41) is 10.8. The molecule has 1 heterocycles. The Morgan fingerprint density at radius 2 is 1.89 bits per heavy atom. The first kappa shape index (κ1) is 21.5. The molecule has 7 heteroatoms. The molecule has 1 aromatic carbocycles. The van der Waals surface area contributed by atoms with Crippen molar-refractivity contribution in [2.24, 2.45) is 4.99 Å². The Balaban J connectivity index is 1.79. The van der Waals surface area contributed by atoms with Crippen molar-refractivity contribution in [3.63, 3.8) is 0 Å². The average Bonchev–Trinajstić information content (AvgIpc) is 3.24. The summed E-state index contributed by atoms with van der Waals surface area (Å²) in [7, 11) is 0. The van der Waals surface area contributed by atoms with Gasteiger partial charge in [0.05, 0.1) is 12.2 Å². The van der Waals surface area contributed by atoms with Crippen molar-refractivity contribution >= 4 is 11.9 Å². The van der Waals surface area contributed by atoms with E-state index in [0.717, 1.165) is 44.2 Å². The molecule has 0 unspecified atom stereocenters. The molecular formula is C21H32N6O. The zero-order valence-corrected chi connectivity index (χ0v) is 17.2. The number of carbonyl (C=O) groups is 1. The van der Waals surface area contributed by atoms with E-state index < -0.39 is 0 Å². The molecule has 0 aliphatic carbocycles. The van der Waals surface area contributed by atoms with E-state index in [0.29, 0.717) is 13.0 Å². The van der Waals surface area contributed by atoms with Crippen LogP contribution in [-0.2, 0) is 11.2 Å². The van der Waals surface area contributed by atoms with E-state index >= 15 is 0 Å². The Morgan fingerprint density at radius 1 is 1.14 bits per heavy atom. The van der Waals surface area contributed by atoms with Crippen LogP contribution in [0.15, 0.2) is 47.7 Å². The number of rotatable bonds is 10. The van der Waals surface area contributed by atoms with Gasteiger partial charge in [-0.05, 0) is 51.0 Å². The number of benzene rings is 1. The largest absolute Gasteiger partial charge is 0.357 e. The Labute approximate surface area is 167 Å². The molecule has 0 atom stereocenters. The number of guanidine groups is 1. The first-order valence-electron chi connectivity index (χ1n) is 10.1. The normalized spacial score (nSPS) is 11.3. The Morgan fingerprint density at radius 3 is 2.50 bits per heavy atom. The van der Waals surface area contributed by atoms with Gasteiger partial charge < -0.3 is 15.5 Å². The summed E-state index contributed by atoms with van der Waals surface area (Å²) < 4.78 is 1.84. The van der Waals surface area contributed by atoms with Gasteiger partial charge in [0, 0.05) is 45.0 Å². The molecule has 2 rings (SSSR count). The Hall–Kier alpha value is -2.83. The maximum Gasteiger partial charge on any atom is 0.224 e. The number of hydrogen-bond donors (Lipinski definition) is 2. The van der Waals surface area contributed by atoms with Crippen molar-refractivity contribution in [3.8, 4) is 5.69 Å². The van der Waals surface area contributed by atoms with Gasteiger partial charge in [-0.3, -0.25) is 9.79 Å². The summed E-state index contributed by atoms with van der Waals surface area (Å²) in [5.74, 6) is 0.907. The van der Waals surface area contributed by atoms with Gasteiger partial charge in [-0.15, -0.1) is 0 Å². The molecule has 7 nitrogen and oxygen atoms in total. The zero-order chi connectivity index (χ0) is 20.2. The monoisotopic (exact) mass is 384 g/mol. The highest BCUT2D eigenvalue weighted by molar-refractivity contribution is 5.80. The van der Waals surface area contributed by atoms with Crippen LogP contribution in [-0.4, -0.2) is 59.3 Å². The molecule has 0 bridgehead atoms. The van der Waals surface area contributed by atoms with E-state index in [9.17, 15) is 4.79 Å². The predicted molar refractivity (Wildman–Crippen MR) is 114 cm³/mol. The average molecular weight is 385 g/mol. The van der Waals surface area contributed by atoms with E-state index in [4.69, 9.17) is 0 Å². The zero-order valence-electron chi connectivity index (χ0n) is 17.2. The third kappa shape index (κ3) is 6.72. The second-order valence-electron chi connectivity index (χ2n) is 6.37. The molecule has 0 fully saturated rings. The van der Waals surface area contributed by atoms with Gasteiger partial charge in [-0.1, -0.05) is 12.1 Å². The highest BCUT2D eigenvalue weighted by Gasteiger charge is 2.08. The van der Waals surface area contributed by atoms with Gasteiger partial charge in [0.15, 0.2) is 5.96 Å². The SMILES string of the molecule is CCNC(=NCCC(=O)N(CC)CC)NCCc1ccc(-n2cccn2)cc1. The van der Waals surface area contributed by atoms with E-state index in [1.165, 1.54) is 5.56 Å². The van der Waals surface area contributed by atoms with Gasteiger partial charge in [0.1, 0.15) is 0 Å². The van der Waals surface area contributed by atoms with Crippen LogP contribution >= 0.6 is 0 Å². The molecule has 1 aromatic heterocycles. The molecule has 1 amide bonds. The molecule has 0 saturated heterocycles. The van der Waals surface area contributed by atoms with Crippen LogP contribution in [0.4, 0.5) is 0 Å². The fraction of sp³-hybridized carbons (Fsp3) is 0.476. The number of amides is 1. The second kappa shape index (κ2) is 11.8. The maximum atomic E-state index is 12.1. The lowest BCUT2D eigenvalue weighted by atomic mass is 10.1. The maximum absolute atomic E-state index is 12.1. The minimum Gasteiger partial charge on any atom is -0.357 e. The molecule has 28 heavy (non-hydrogen) atoms. The Bertz CT molecular complexity index is 720. The lowest BCUT2D eigenvalue weighted by Crippen LogP contribution is -2.38. The smallest absolute Gasteiger partial charge is 0.224 e. The first-order valence-corrected chi connectivity index (χ1v) is 10.1. The summed E-state index contributed by atoms with van der Waals surface area (Å²) in [6.07, 6.45) is 5.03. The van der Waals surface area contributed by atoms with Gasteiger partial charge in [0.25, 0.3) is 0 Å². The molecule has 0 saturated carbocycles. The van der Waals surface area contributed by atoms with E-state index in [1.54, 1.807) is 6.20 Å². The predicted octanol–water partition coefficient (Wildman–Crippen LogP) is 2.23. The molecule has 2 aromatic rings. The van der Waals surface area contributed by atoms with Crippen LogP contribution in [0.25, 0.3) is 5.69 Å². The minimum atomic E-state index is 0.155. The summed E-state index contributed by atoms with van der Waals surface area (Å²) in [6, 6.07) is 10.3. The van der Waals surface area contributed by atoms with Crippen LogP contribution in [0, 0.1) is 0 Å². The molecule has 2 N–H and O–H groups in total. The minimum absolute atomic E-state index is 0.155. The van der Waals surface area contributed by atoms with E-state index in [2.05, 4.69) is 45.0 Å². The van der Waals surface area contributed by atoms with Crippen molar-refractivity contribution in [2.45, 2.75) is 33.6 Å². The van der Waals surface area contributed by atoms with Crippen LogP contribution in [0.5, 0.6) is 0 Å². The quantitative estimate of drug-likeness (QED) is 0.487. The van der Waals surface area contributed by atoms with Gasteiger partial charge in [-0.2, -0.15) is 5.10 Å². The number of carbonyl (C=O) groups excluding carboxylic acids is 1. The van der Waals surface area contributed by atoms with Crippen LogP contribution in [0.3, 0.4) is 0 Å². The van der Waals surface area contributed by atoms with Crippen molar-refractivity contribution < 1.29 is 4.79 Å². The number of nitrogens with zero attached hydrogens (tertiary/aromatic N) is 4. The topological polar surface area (TPSA) is 74.6 Å². The summed E-state index contributed by atoms with van der Waals surface area (Å²) in [6.45, 7) is 9.57. The van der Waals surface area contributed by atoms with Crippen molar-refractivity contribution in [2.75, 3.05) is 32.7 Å². The van der Waals surface area contributed by atoms with E-state index in [-0.39, 0.29) is 5.91 Å². The third-order valence-electron chi connectivity index (χ3n) is 4.47. The van der Waals surface area contributed by atoms with Crippen LogP contribution in [0.1, 0.15) is 32.8 Å². The first-order chi connectivity index (χ1) is 13.7. The standard InChI is InChI=1S/C21H32N6O/c1-4-22-21(24-16-13-20(28)26(5-2)6-3)23-15-12-18-8-10-19(11-9-18)27-17-7-14-25-27/h7-11,14,17H,4-6,12-13,15-16H2,1-3H3,(H2,22,23,24). The van der Waals surface area contributed by atoms with Gasteiger partial charge in [0.2, 0.25) is 5.91 Å². The molecule has 0 spiro atoms. The van der Waals surface area contributed by atoms with Gasteiger partial charge in [-0.25, -0.2) is 4.68 Å². The van der Waals surface area contributed by atoms with Crippen molar-refractivity contribution in [1.82, 2.24) is 25.3 Å². The lowest BCUT2D eigenvalue weighted by molar-refractivity contribution is -0.130. The fourth-order valence-corrected chi connectivity index (χ4v) is 2.90. The second-order valence-corrected chi connectivity index (χ2v) is 6.37. The third-order valence-corrected chi connectivity index (χ3v) is 4.47. The molecule has 0 aliphatic rings. The van der Waals surface area contributed by atoms with E-state index in [1.807, 2.05) is 42.6 Å². The molecular weight excluding hydrogens is 352 g/mol. The summed E-state index contributed by atoms with van der Waals surface area (Å²) in [5.41, 5.74) is 2.30. The van der Waals surface area contributed by atoms with Gasteiger partial charge >= 0.3 is 0 Å². The molecule has 0 radical (unpaired) electrons. The lowest BCUT2D eigenvalue weighted by Gasteiger charge is -2.18. The summed E-state index contributed by atoms with van der Waals surface area (Å²) >= 11 is 0. The molecule has 152 valence electrons. The highest BCUT2D eigenvalue weighted by Crippen LogP contribution is 2.08. The number of aromatic nitrogens is 2. The fourth-order valence-electron chi connectivity index (χ4n) is 2.90. The Kier molecular flexibility index (Phi) is 9.04. The highest BCUT2D eigenvalue weighted by atomic mass is 16.2. The number of hydrogen-bond acceptors (Lipinski definition) is 3.